The van der Waals surface area contributed by atoms with Crippen molar-refractivity contribution in [3.63, 3.8) is 0 Å². The maximum Gasteiger partial charge on any atom is 0.416 e. The predicted molar refractivity (Wildman–Crippen MR) is 100 cm³/mol. The van der Waals surface area contributed by atoms with E-state index in [0.717, 1.165) is 12.1 Å². The van der Waals surface area contributed by atoms with Crippen LogP contribution < -0.4 is 5.73 Å². The van der Waals surface area contributed by atoms with E-state index in [0.29, 0.717) is 28.2 Å². The molecule has 0 spiro atoms. The minimum absolute atomic E-state index is 0.0698. The third kappa shape index (κ3) is 3.75. The number of nitrogens with zero attached hydrogens (tertiary/aromatic N) is 3. The number of anilines is 1. The van der Waals surface area contributed by atoms with E-state index in [9.17, 15) is 17.6 Å². The summed E-state index contributed by atoms with van der Waals surface area (Å²) in [5, 5.41) is 0. The number of pyridine rings is 2. The van der Waals surface area contributed by atoms with Crippen molar-refractivity contribution < 1.29 is 17.6 Å². The maximum absolute atomic E-state index is 14.5. The topological polar surface area (TPSA) is 56.2 Å². The molecule has 0 aliphatic rings. The highest BCUT2D eigenvalue weighted by atomic mass is 19.4. The average molecular weight is 396 g/mol. The van der Waals surface area contributed by atoms with Crippen molar-refractivity contribution in [2.45, 2.75) is 6.18 Å². The Balaban J connectivity index is 1.75. The maximum atomic E-state index is 14.5. The van der Waals surface area contributed by atoms with Gasteiger partial charge in [-0.25, -0.2) is 14.4 Å². The van der Waals surface area contributed by atoms with Crippen LogP contribution in [0.3, 0.4) is 0 Å². The van der Waals surface area contributed by atoms with E-state index in [-0.39, 0.29) is 5.65 Å². The van der Waals surface area contributed by atoms with Crippen LogP contribution in [0.25, 0.3) is 16.8 Å². The van der Waals surface area contributed by atoms with Crippen LogP contribution in [-0.4, -0.2) is 14.4 Å². The van der Waals surface area contributed by atoms with Crippen molar-refractivity contribution in [1.29, 1.82) is 0 Å². The number of alkyl halides is 3. The van der Waals surface area contributed by atoms with Crippen LogP contribution in [0.5, 0.6) is 0 Å². The van der Waals surface area contributed by atoms with Gasteiger partial charge in [-0.1, -0.05) is 18.1 Å². The Kier molecular flexibility index (Phi) is 4.43. The molecule has 2 N–H and O–H groups in total. The van der Waals surface area contributed by atoms with Crippen LogP contribution in [0.2, 0.25) is 0 Å². The SMILES string of the molecule is Nc1ccc(C#Cc2cnc3c(F)cc(-c4ccc(C(F)(F)F)cc4)cn23)cn1. The monoisotopic (exact) mass is 396 g/mol. The molecule has 8 heteroatoms. The first-order chi connectivity index (χ1) is 13.8. The largest absolute Gasteiger partial charge is 0.416 e. The number of halogens is 4. The Morgan fingerprint density at radius 1 is 0.897 bits per heavy atom. The minimum atomic E-state index is -4.43. The molecule has 4 nitrogen and oxygen atoms in total. The minimum Gasteiger partial charge on any atom is -0.384 e. The van der Waals surface area contributed by atoms with Gasteiger partial charge in [0.15, 0.2) is 11.5 Å². The first-order valence-corrected chi connectivity index (χ1v) is 8.39. The summed E-state index contributed by atoms with van der Waals surface area (Å²) >= 11 is 0. The fraction of sp³-hybridized carbons (Fsp3) is 0.0476. The smallest absolute Gasteiger partial charge is 0.384 e. The van der Waals surface area contributed by atoms with E-state index in [1.54, 1.807) is 18.3 Å². The van der Waals surface area contributed by atoms with Crippen molar-refractivity contribution in [2.24, 2.45) is 0 Å². The van der Waals surface area contributed by atoms with E-state index >= 15 is 0 Å². The van der Waals surface area contributed by atoms with Crippen LogP contribution in [0.4, 0.5) is 23.4 Å². The van der Waals surface area contributed by atoms with E-state index in [1.807, 2.05) is 0 Å². The highest BCUT2D eigenvalue weighted by molar-refractivity contribution is 5.66. The van der Waals surface area contributed by atoms with Crippen LogP contribution in [0.1, 0.15) is 16.8 Å². The zero-order valence-electron chi connectivity index (χ0n) is 14.7. The number of benzene rings is 1. The lowest BCUT2D eigenvalue weighted by atomic mass is 10.1. The van der Waals surface area contributed by atoms with Gasteiger partial charge in [-0.2, -0.15) is 13.2 Å². The van der Waals surface area contributed by atoms with Crippen molar-refractivity contribution in [1.82, 2.24) is 14.4 Å². The van der Waals surface area contributed by atoms with Gasteiger partial charge in [0, 0.05) is 23.5 Å². The van der Waals surface area contributed by atoms with Gasteiger partial charge in [-0.15, -0.1) is 0 Å². The molecule has 0 atom stereocenters. The Morgan fingerprint density at radius 2 is 1.66 bits per heavy atom. The lowest BCUT2D eigenvalue weighted by molar-refractivity contribution is -0.137. The van der Waals surface area contributed by atoms with Crippen LogP contribution in [-0.2, 0) is 6.18 Å². The number of aromatic nitrogens is 3. The molecule has 3 aromatic heterocycles. The molecule has 0 fully saturated rings. The van der Waals surface area contributed by atoms with E-state index in [1.165, 1.54) is 35.0 Å². The molecule has 0 unspecified atom stereocenters. The zero-order chi connectivity index (χ0) is 20.6. The summed E-state index contributed by atoms with van der Waals surface area (Å²) < 4.78 is 54.2. The summed E-state index contributed by atoms with van der Waals surface area (Å²) in [6.45, 7) is 0. The molecule has 3 heterocycles. The highest BCUT2D eigenvalue weighted by Gasteiger charge is 2.30. The quantitative estimate of drug-likeness (QED) is 0.380. The van der Waals surface area contributed by atoms with E-state index in [2.05, 4.69) is 21.8 Å². The van der Waals surface area contributed by atoms with Gasteiger partial charge in [0.25, 0.3) is 0 Å². The van der Waals surface area contributed by atoms with Crippen molar-refractivity contribution in [3.05, 3.63) is 83.7 Å². The van der Waals surface area contributed by atoms with Crippen LogP contribution >= 0.6 is 0 Å². The number of fused-ring (bicyclic) bond motifs is 1. The lowest BCUT2D eigenvalue weighted by Crippen LogP contribution is -2.04. The molecular formula is C21H12F4N4. The molecule has 4 rings (SSSR count). The van der Waals surface area contributed by atoms with Gasteiger partial charge in [-0.3, -0.25) is 4.40 Å². The number of nitrogens with two attached hydrogens (primary N) is 1. The second-order valence-electron chi connectivity index (χ2n) is 6.21. The van der Waals surface area contributed by atoms with Gasteiger partial charge in [0.2, 0.25) is 0 Å². The molecule has 0 amide bonds. The van der Waals surface area contributed by atoms with Crippen molar-refractivity contribution in [3.8, 4) is 23.0 Å². The van der Waals surface area contributed by atoms with Gasteiger partial charge in [0.1, 0.15) is 11.5 Å². The van der Waals surface area contributed by atoms with E-state index in [4.69, 9.17) is 5.73 Å². The Hall–Kier alpha value is -3.86. The third-order valence-electron chi connectivity index (χ3n) is 4.23. The van der Waals surface area contributed by atoms with Gasteiger partial charge >= 0.3 is 6.18 Å². The Morgan fingerprint density at radius 3 is 2.31 bits per heavy atom. The number of nitrogen functional groups attached to an aromatic ring is 1. The summed E-state index contributed by atoms with van der Waals surface area (Å²) in [4.78, 5) is 7.97. The normalized spacial score (nSPS) is 11.3. The summed E-state index contributed by atoms with van der Waals surface area (Å²) in [5.41, 5.74) is 6.72. The molecule has 0 radical (unpaired) electrons. The number of rotatable bonds is 1. The standard InChI is InChI=1S/C21H12F4N4/c22-18-9-15(14-3-5-16(6-4-14)21(23,24)25)12-29-17(11-28-20(18)29)7-1-13-2-8-19(26)27-10-13/h2-6,8-12H,(H2,26,27). The molecule has 144 valence electrons. The lowest BCUT2D eigenvalue weighted by Gasteiger charge is -2.08. The van der Waals surface area contributed by atoms with Crippen LogP contribution in [0, 0.1) is 17.7 Å². The highest BCUT2D eigenvalue weighted by Crippen LogP contribution is 2.31. The molecule has 0 bridgehead atoms. The second kappa shape index (κ2) is 6.95. The first kappa shape index (κ1) is 18.5. The molecule has 0 aliphatic carbocycles. The summed E-state index contributed by atoms with van der Waals surface area (Å²) in [6, 6.07) is 9.05. The Labute approximate surface area is 162 Å². The molecule has 0 aliphatic heterocycles. The molecule has 4 aromatic rings. The average Bonchev–Trinajstić information content (AvgIpc) is 3.10. The van der Waals surface area contributed by atoms with Gasteiger partial charge < -0.3 is 5.73 Å². The Bertz CT molecular complexity index is 1240. The second-order valence-corrected chi connectivity index (χ2v) is 6.21. The molecular weight excluding hydrogens is 384 g/mol. The summed E-state index contributed by atoms with van der Waals surface area (Å²) in [7, 11) is 0. The van der Waals surface area contributed by atoms with Crippen molar-refractivity contribution >= 4 is 11.5 Å². The number of imidazole rings is 1. The van der Waals surface area contributed by atoms with Crippen LogP contribution in [0.15, 0.2) is 61.1 Å². The van der Waals surface area contributed by atoms with Gasteiger partial charge in [0.05, 0.1) is 11.8 Å². The molecule has 1 aromatic carbocycles. The van der Waals surface area contributed by atoms with Gasteiger partial charge in [-0.05, 0) is 41.8 Å². The first-order valence-electron chi connectivity index (χ1n) is 8.39. The summed E-state index contributed by atoms with van der Waals surface area (Å²) in [5.74, 6) is 5.55. The molecule has 0 saturated carbocycles. The fourth-order valence-electron chi connectivity index (χ4n) is 2.76. The predicted octanol–water partition coefficient (Wildman–Crippen LogP) is 4.54. The van der Waals surface area contributed by atoms with E-state index < -0.39 is 17.6 Å². The number of hydrogen-bond donors (Lipinski definition) is 1. The molecule has 0 saturated heterocycles. The fourth-order valence-corrected chi connectivity index (χ4v) is 2.76. The number of hydrogen-bond acceptors (Lipinski definition) is 3. The molecule has 29 heavy (non-hydrogen) atoms. The third-order valence-corrected chi connectivity index (χ3v) is 4.23. The zero-order valence-corrected chi connectivity index (χ0v) is 14.7. The summed E-state index contributed by atoms with van der Waals surface area (Å²) in [6.07, 6.45) is 0.0868. The van der Waals surface area contributed by atoms with Crippen molar-refractivity contribution in [2.75, 3.05) is 5.73 Å².